The van der Waals surface area contributed by atoms with Gasteiger partial charge in [0, 0.05) is 18.0 Å². The predicted molar refractivity (Wildman–Crippen MR) is 115 cm³/mol. The van der Waals surface area contributed by atoms with Crippen LogP contribution in [0.3, 0.4) is 0 Å². The van der Waals surface area contributed by atoms with Crippen molar-refractivity contribution in [2.75, 3.05) is 5.32 Å². The van der Waals surface area contributed by atoms with Crippen LogP contribution in [0.25, 0.3) is 20.7 Å². The smallest absolute Gasteiger partial charge is 0.262 e. The molecule has 3 aromatic heterocycles. The van der Waals surface area contributed by atoms with Gasteiger partial charge in [-0.05, 0) is 25.5 Å². The van der Waals surface area contributed by atoms with Gasteiger partial charge in [0.15, 0.2) is 5.16 Å². The summed E-state index contributed by atoms with van der Waals surface area (Å²) in [6.45, 7) is 3.53. The first-order valence-electron chi connectivity index (χ1n) is 8.89. The lowest BCUT2D eigenvalue weighted by Gasteiger charge is -2.12. The average molecular weight is 427 g/mol. The summed E-state index contributed by atoms with van der Waals surface area (Å²) in [5.41, 5.74) is 1.60. The Labute approximate surface area is 174 Å². The van der Waals surface area contributed by atoms with Crippen LogP contribution < -0.4 is 10.9 Å². The van der Waals surface area contributed by atoms with Crippen LogP contribution >= 0.6 is 23.1 Å². The standard InChI is InChI=1S/C20H18N4O3S2/c1-11-9-16(27-23-11)21-17(25)12(2)28-20-22-18-14(19(26)24(20)3)10-15(29-18)13-7-5-4-6-8-13/h4-10,12H,1-3H3,(H,21,25). The van der Waals surface area contributed by atoms with Crippen molar-refractivity contribution in [3.8, 4) is 10.4 Å². The van der Waals surface area contributed by atoms with Gasteiger partial charge in [-0.3, -0.25) is 19.5 Å². The maximum Gasteiger partial charge on any atom is 0.262 e. The maximum atomic E-state index is 12.8. The number of carbonyl (C=O) groups excluding carboxylic acids is 1. The fourth-order valence-electron chi connectivity index (χ4n) is 2.75. The van der Waals surface area contributed by atoms with Crippen LogP contribution in [-0.4, -0.2) is 25.9 Å². The van der Waals surface area contributed by atoms with E-state index in [9.17, 15) is 9.59 Å². The van der Waals surface area contributed by atoms with Crippen LogP contribution in [0.15, 0.2) is 56.9 Å². The highest BCUT2D eigenvalue weighted by atomic mass is 32.2. The molecule has 0 saturated carbocycles. The number of aromatic nitrogens is 3. The number of hydrogen-bond acceptors (Lipinski definition) is 7. The third kappa shape index (κ3) is 3.96. The van der Waals surface area contributed by atoms with Gasteiger partial charge in [-0.1, -0.05) is 47.3 Å². The predicted octanol–water partition coefficient (Wildman–Crippen LogP) is 4.08. The summed E-state index contributed by atoms with van der Waals surface area (Å²) in [4.78, 5) is 31.6. The Morgan fingerprint density at radius 2 is 2.03 bits per heavy atom. The quantitative estimate of drug-likeness (QED) is 0.382. The molecular weight excluding hydrogens is 408 g/mol. The van der Waals surface area contributed by atoms with Gasteiger partial charge >= 0.3 is 0 Å². The zero-order valence-corrected chi connectivity index (χ0v) is 17.6. The molecule has 4 aromatic rings. The number of amides is 1. The first-order chi connectivity index (χ1) is 13.9. The van der Waals surface area contributed by atoms with Crippen molar-refractivity contribution in [3.05, 3.63) is 58.5 Å². The van der Waals surface area contributed by atoms with E-state index in [0.29, 0.717) is 27.0 Å². The largest absolute Gasteiger partial charge is 0.338 e. The van der Waals surface area contributed by atoms with Gasteiger partial charge in [-0.25, -0.2) is 4.98 Å². The summed E-state index contributed by atoms with van der Waals surface area (Å²) in [5.74, 6) is 0.0414. The molecule has 4 rings (SSSR count). The fourth-order valence-corrected chi connectivity index (χ4v) is 4.71. The molecule has 0 spiro atoms. The molecule has 1 N–H and O–H groups in total. The van der Waals surface area contributed by atoms with Crippen molar-refractivity contribution >= 4 is 45.1 Å². The van der Waals surface area contributed by atoms with Crippen LogP contribution in [0.2, 0.25) is 0 Å². The summed E-state index contributed by atoms with van der Waals surface area (Å²) >= 11 is 2.69. The molecule has 7 nitrogen and oxygen atoms in total. The van der Waals surface area contributed by atoms with Gasteiger partial charge in [0.25, 0.3) is 5.56 Å². The second-order valence-electron chi connectivity index (χ2n) is 6.54. The first-order valence-corrected chi connectivity index (χ1v) is 10.6. The molecule has 0 aliphatic rings. The molecule has 0 aliphatic carbocycles. The molecule has 1 atom stereocenters. The minimum atomic E-state index is -0.482. The van der Waals surface area contributed by atoms with E-state index in [2.05, 4.69) is 15.5 Å². The zero-order chi connectivity index (χ0) is 20.5. The number of nitrogens with zero attached hydrogens (tertiary/aromatic N) is 3. The maximum absolute atomic E-state index is 12.8. The second-order valence-corrected chi connectivity index (χ2v) is 8.87. The van der Waals surface area contributed by atoms with Crippen molar-refractivity contribution in [1.29, 1.82) is 0 Å². The van der Waals surface area contributed by atoms with E-state index in [-0.39, 0.29) is 11.5 Å². The molecule has 148 valence electrons. The number of thioether (sulfide) groups is 1. The number of rotatable bonds is 5. The van der Waals surface area contributed by atoms with Crippen LogP contribution in [0, 0.1) is 6.92 Å². The summed E-state index contributed by atoms with van der Waals surface area (Å²) < 4.78 is 6.50. The third-order valence-corrected chi connectivity index (χ3v) is 6.54. The van der Waals surface area contributed by atoms with E-state index in [0.717, 1.165) is 10.4 Å². The Morgan fingerprint density at radius 3 is 2.72 bits per heavy atom. The average Bonchev–Trinajstić information content (AvgIpc) is 3.32. The molecule has 1 aromatic carbocycles. The van der Waals surface area contributed by atoms with Crippen molar-refractivity contribution in [1.82, 2.24) is 14.7 Å². The van der Waals surface area contributed by atoms with Crippen molar-refractivity contribution in [2.24, 2.45) is 7.05 Å². The number of hydrogen-bond donors (Lipinski definition) is 1. The minimum absolute atomic E-state index is 0.130. The Bertz CT molecular complexity index is 1240. The summed E-state index contributed by atoms with van der Waals surface area (Å²) in [5, 5.41) is 7.01. The fraction of sp³-hybridized carbons (Fsp3) is 0.200. The number of aryl methyl sites for hydroxylation is 1. The number of nitrogens with one attached hydrogen (secondary N) is 1. The second kappa shape index (κ2) is 7.84. The van der Waals surface area contributed by atoms with Gasteiger partial charge < -0.3 is 4.52 Å². The molecule has 0 saturated heterocycles. The minimum Gasteiger partial charge on any atom is -0.338 e. The number of thiophene rings is 1. The number of benzene rings is 1. The van der Waals surface area contributed by atoms with Crippen molar-refractivity contribution in [2.45, 2.75) is 24.3 Å². The Hall–Kier alpha value is -2.91. The number of carbonyl (C=O) groups is 1. The van der Waals surface area contributed by atoms with Gasteiger partial charge in [0.1, 0.15) is 4.83 Å². The molecule has 1 unspecified atom stereocenters. The highest BCUT2D eigenvalue weighted by Crippen LogP contribution is 2.32. The molecule has 29 heavy (non-hydrogen) atoms. The zero-order valence-electron chi connectivity index (χ0n) is 16.0. The molecule has 9 heteroatoms. The molecule has 3 heterocycles. The molecular formula is C20H18N4O3S2. The topological polar surface area (TPSA) is 90.0 Å². The van der Waals surface area contributed by atoms with E-state index >= 15 is 0 Å². The summed E-state index contributed by atoms with van der Waals surface area (Å²) in [7, 11) is 1.67. The summed E-state index contributed by atoms with van der Waals surface area (Å²) in [6.07, 6.45) is 0. The van der Waals surface area contributed by atoms with Gasteiger partial charge in [-0.15, -0.1) is 11.3 Å². The molecule has 0 radical (unpaired) electrons. The molecule has 0 bridgehead atoms. The molecule has 1 amide bonds. The van der Waals surface area contributed by atoms with Crippen molar-refractivity contribution in [3.63, 3.8) is 0 Å². The van der Waals surface area contributed by atoms with Crippen LogP contribution in [0.4, 0.5) is 5.88 Å². The van der Waals surface area contributed by atoms with E-state index in [1.807, 2.05) is 36.4 Å². The normalized spacial score (nSPS) is 12.2. The van der Waals surface area contributed by atoms with Crippen molar-refractivity contribution < 1.29 is 9.32 Å². The SMILES string of the molecule is Cc1cc(NC(=O)C(C)Sc2nc3sc(-c4ccccc4)cc3c(=O)n2C)on1. The van der Waals surface area contributed by atoms with Gasteiger partial charge in [-0.2, -0.15) is 0 Å². The van der Waals surface area contributed by atoms with Crippen LogP contribution in [-0.2, 0) is 11.8 Å². The monoisotopic (exact) mass is 426 g/mol. The van der Waals surface area contributed by atoms with E-state index in [1.54, 1.807) is 27.0 Å². The first kappa shape index (κ1) is 19.4. The lowest BCUT2D eigenvalue weighted by Crippen LogP contribution is -2.25. The van der Waals surface area contributed by atoms with Gasteiger partial charge in [0.05, 0.1) is 16.3 Å². The van der Waals surface area contributed by atoms with E-state index in [4.69, 9.17) is 4.52 Å². The number of anilines is 1. The highest BCUT2D eigenvalue weighted by Gasteiger charge is 2.20. The Kier molecular flexibility index (Phi) is 5.25. The lowest BCUT2D eigenvalue weighted by molar-refractivity contribution is -0.115. The summed E-state index contributed by atoms with van der Waals surface area (Å²) in [6, 6.07) is 13.4. The van der Waals surface area contributed by atoms with Crippen LogP contribution in [0.5, 0.6) is 0 Å². The third-order valence-electron chi connectivity index (χ3n) is 4.32. The van der Waals surface area contributed by atoms with E-state index < -0.39 is 5.25 Å². The molecule has 0 fully saturated rings. The molecule has 0 aliphatic heterocycles. The lowest BCUT2D eigenvalue weighted by atomic mass is 10.2. The van der Waals surface area contributed by atoms with Crippen LogP contribution in [0.1, 0.15) is 12.6 Å². The Morgan fingerprint density at radius 1 is 1.28 bits per heavy atom. The van der Waals surface area contributed by atoms with E-state index in [1.165, 1.54) is 27.7 Å². The highest BCUT2D eigenvalue weighted by molar-refractivity contribution is 8.00. The van der Waals surface area contributed by atoms with Gasteiger partial charge in [0.2, 0.25) is 11.8 Å². The number of fused-ring (bicyclic) bond motifs is 1. The Balaban J connectivity index is 1.61.